The average molecular weight is 549 g/mol. The van der Waals surface area contributed by atoms with Crippen LogP contribution in [0.3, 0.4) is 0 Å². The van der Waals surface area contributed by atoms with Crippen LogP contribution < -0.4 is 5.32 Å². The highest BCUT2D eigenvalue weighted by Gasteiger charge is 2.39. The van der Waals surface area contributed by atoms with Gasteiger partial charge in [-0.1, -0.05) is 42.5 Å². The molecule has 4 rings (SSSR count). The van der Waals surface area contributed by atoms with Crippen molar-refractivity contribution in [3.63, 3.8) is 0 Å². The normalized spacial score (nSPS) is 21.4. The molecule has 2 aromatic rings. The van der Waals surface area contributed by atoms with Gasteiger partial charge in [0.25, 0.3) is 0 Å². The van der Waals surface area contributed by atoms with Crippen LogP contribution in [0.5, 0.6) is 0 Å². The fourth-order valence-corrected chi connectivity index (χ4v) is 5.61. The highest BCUT2D eigenvalue weighted by molar-refractivity contribution is 5.82. The first-order chi connectivity index (χ1) is 19.1. The van der Waals surface area contributed by atoms with E-state index < -0.39 is 12.1 Å². The van der Waals surface area contributed by atoms with Crippen molar-refractivity contribution in [1.29, 1.82) is 0 Å². The number of hydrogen-bond acceptors (Lipinski definition) is 6. The predicted octanol–water partition coefficient (Wildman–Crippen LogP) is 2.38. The van der Waals surface area contributed by atoms with Gasteiger partial charge in [-0.3, -0.25) is 19.6 Å². The van der Waals surface area contributed by atoms with E-state index in [1.54, 1.807) is 22.1 Å². The van der Waals surface area contributed by atoms with Gasteiger partial charge in [0.2, 0.25) is 5.91 Å². The van der Waals surface area contributed by atoms with Crippen LogP contribution in [0.25, 0.3) is 0 Å². The Labute approximate surface area is 238 Å². The maximum absolute atomic E-state index is 13.4. The van der Waals surface area contributed by atoms with Crippen LogP contribution in [0.4, 0.5) is 4.79 Å². The van der Waals surface area contributed by atoms with Gasteiger partial charge in [0, 0.05) is 70.3 Å². The molecular formula is C31H44N6O3. The predicted molar refractivity (Wildman–Crippen MR) is 157 cm³/mol. The van der Waals surface area contributed by atoms with Gasteiger partial charge >= 0.3 is 6.03 Å². The lowest BCUT2D eigenvalue weighted by Gasteiger charge is -2.42. The summed E-state index contributed by atoms with van der Waals surface area (Å²) in [5.41, 5.74) is 1.89. The summed E-state index contributed by atoms with van der Waals surface area (Å²) in [4.78, 5) is 38.8. The molecular weight excluding hydrogens is 504 g/mol. The molecule has 2 N–H and O–H groups in total. The third-order valence-corrected chi connectivity index (χ3v) is 7.41. The molecule has 3 heterocycles. The first kappa shape index (κ1) is 29.7. The van der Waals surface area contributed by atoms with Gasteiger partial charge in [-0.2, -0.15) is 0 Å². The van der Waals surface area contributed by atoms with Crippen molar-refractivity contribution >= 4 is 11.9 Å². The molecule has 3 atom stereocenters. The lowest BCUT2D eigenvalue weighted by atomic mass is 10.0. The zero-order valence-electron chi connectivity index (χ0n) is 24.1. The number of carbonyl (C=O) groups excluding carboxylic acids is 2. The van der Waals surface area contributed by atoms with E-state index in [1.807, 2.05) is 57.3 Å². The fraction of sp³-hybridized carbons (Fsp3) is 0.516. The second-order valence-corrected chi connectivity index (χ2v) is 12.0. The number of nitrogens with one attached hydrogen (secondary N) is 1. The van der Waals surface area contributed by atoms with E-state index in [0.29, 0.717) is 39.3 Å². The summed E-state index contributed by atoms with van der Waals surface area (Å²) in [5, 5.41) is 14.4. The molecule has 216 valence electrons. The summed E-state index contributed by atoms with van der Waals surface area (Å²) < 4.78 is 0. The van der Waals surface area contributed by atoms with Gasteiger partial charge in [-0.25, -0.2) is 4.79 Å². The van der Waals surface area contributed by atoms with Crippen molar-refractivity contribution in [2.45, 2.75) is 57.5 Å². The second-order valence-electron chi connectivity index (χ2n) is 12.0. The van der Waals surface area contributed by atoms with Crippen molar-refractivity contribution < 1.29 is 14.7 Å². The summed E-state index contributed by atoms with van der Waals surface area (Å²) in [5.74, 6) is -0.0491. The van der Waals surface area contributed by atoms with Crippen molar-refractivity contribution in [2.24, 2.45) is 0 Å². The molecule has 0 spiro atoms. The van der Waals surface area contributed by atoms with Gasteiger partial charge in [0.15, 0.2) is 0 Å². The minimum Gasteiger partial charge on any atom is -0.390 e. The first-order valence-corrected chi connectivity index (χ1v) is 14.2. The van der Waals surface area contributed by atoms with E-state index in [4.69, 9.17) is 0 Å². The Bertz CT molecular complexity index is 1120. The molecule has 3 amide bonds. The standard InChI is InChI=1S/C31H44N6O3/c1-5-14-36-20-26(17-24-10-7-6-8-11-24)37(30(36)40)22-27(38)21-35-16-15-34(19-25-12-9-13-32-18-25)23-28(35)29(39)33-31(2,3)4/h5-13,18,26-28,38H,1,14-17,19-23H2,2-4H3,(H,33,39)/t26-,27?,28?/m0/s1. The van der Waals surface area contributed by atoms with Crippen LogP contribution in [0, 0.1) is 0 Å². The number of aliphatic hydroxyl groups excluding tert-OH is 1. The molecule has 9 heteroatoms. The van der Waals surface area contributed by atoms with E-state index >= 15 is 0 Å². The minimum atomic E-state index is -0.791. The second kappa shape index (κ2) is 13.4. The van der Waals surface area contributed by atoms with Crippen LogP contribution in [0.15, 0.2) is 67.5 Å². The summed E-state index contributed by atoms with van der Waals surface area (Å²) >= 11 is 0. The largest absolute Gasteiger partial charge is 0.390 e. The zero-order chi connectivity index (χ0) is 28.7. The average Bonchev–Trinajstić information content (AvgIpc) is 3.18. The minimum absolute atomic E-state index is 0.0409. The Morgan fingerprint density at radius 2 is 1.88 bits per heavy atom. The molecule has 0 saturated carbocycles. The molecule has 0 bridgehead atoms. The van der Waals surface area contributed by atoms with Gasteiger partial charge in [0.05, 0.1) is 12.1 Å². The number of pyridine rings is 1. The number of rotatable bonds is 11. The topological polar surface area (TPSA) is 92.2 Å². The van der Waals surface area contributed by atoms with E-state index in [-0.39, 0.29) is 30.1 Å². The van der Waals surface area contributed by atoms with Crippen LogP contribution in [0.2, 0.25) is 0 Å². The molecule has 2 fully saturated rings. The Balaban J connectivity index is 1.44. The first-order valence-electron chi connectivity index (χ1n) is 14.2. The molecule has 2 saturated heterocycles. The molecule has 40 heavy (non-hydrogen) atoms. The smallest absolute Gasteiger partial charge is 0.320 e. The van der Waals surface area contributed by atoms with Crippen molar-refractivity contribution in [2.75, 3.05) is 45.8 Å². The molecule has 2 unspecified atom stereocenters. The molecule has 9 nitrogen and oxygen atoms in total. The molecule has 0 radical (unpaired) electrons. The lowest BCUT2D eigenvalue weighted by Crippen LogP contribution is -2.62. The summed E-state index contributed by atoms with van der Waals surface area (Å²) in [6.07, 6.45) is 5.28. The molecule has 2 aliphatic heterocycles. The number of β-amino-alcohol motifs (C(OH)–C–C–N with tert-alkyl or cyclic N) is 1. The molecule has 1 aromatic heterocycles. The maximum atomic E-state index is 13.4. The maximum Gasteiger partial charge on any atom is 0.320 e. The van der Waals surface area contributed by atoms with Gasteiger partial charge in [-0.05, 0) is 44.4 Å². The SMILES string of the molecule is C=CCN1C[C@H](Cc2ccccc2)N(CC(O)CN2CCN(Cc3cccnc3)CC2C(=O)NC(C)(C)C)C1=O. The molecule has 0 aliphatic carbocycles. The number of urea groups is 1. The number of benzene rings is 1. The Morgan fingerprint density at radius 3 is 2.55 bits per heavy atom. The Hall–Kier alpha value is -3.27. The Morgan fingerprint density at radius 1 is 1.12 bits per heavy atom. The van der Waals surface area contributed by atoms with Gasteiger partial charge in [-0.15, -0.1) is 6.58 Å². The number of piperazine rings is 1. The lowest BCUT2D eigenvalue weighted by molar-refractivity contribution is -0.131. The number of aliphatic hydroxyl groups is 1. The zero-order valence-corrected chi connectivity index (χ0v) is 24.1. The van der Waals surface area contributed by atoms with E-state index in [2.05, 4.69) is 38.8 Å². The summed E-state index contributed by atoms with van der Waals surface area (Å²) in [7, 11) is 0. The third kappa shape index (κ3) is 8.13. The molecule has 2 aliphatic rings. The number of carbonyl (C=O) groups is 2. The summed E-state index contributed by atoms with van der Waals surface area (Å²) in [6, 6.07) is 13.6. The van der Waals surface area contributed by atoms with E-state index in [1.165, 1.54) is 0 Å². The van der Waals surface area contributed by atoms with Crippen LogP contribution in [-0.4, -0.2) is 111 Å². The van der Waals surface area contributed by atoms with E-state index in [0.717, 1.165) is 24.1 Å². The highest BCUT2D eigenvalue weighted by Crippen LogP contribution is 2.22. The number of hydrogen-bond donors (Lipinski definition) is 2. The number of nitrogens with zero attached hydrogens (tertiary/aromatic N) is 5. The monoisotopic (exact) mass is 548 g/mol. The number of aromatic nitrogens is 1. The summed E-state index contributed by atoms with van der Waals surface area (Å²) in [6.45, 7) is 14.0. The van der Waals surface area contributed by atoms with Crippen molar-refractivity contribution in [3.05, 3.63) is 78.6 Å². The van der Waals surface area contributed by atoms with Gasteiger partial charge in [0.1, 0.15) is 6.04 Å². The van der Waals surface area contributed by atoms with Crippen LogP contribution >= 0.6 is 0 Å². The van der Waals surface area contributed by atoms with Gasteiger partial charge < -0.3 is 20.2 Å². The van der Waals surface area contributed by atoms with Crippen molar-refractivity contribution in [1.82, 2.24) is 29.9 Å². The molecule has 1 aromatic carbocycles. The quantitative estimate of drug-likeness (QED) is 0.419. The number of amides is 3. The highest BCUT2D eigenvalue weighted by atomic mass is 16.3. The van der Waals surface area contributed by atoms with E-state index in [9.17, 15) is 14.7 Å². The fourth-order valence-electron chi connectivity index (χ4n) is 5.61. The van der Waals surface area contributed by atoms with Crippen LogP contribution in [-0.2, 0) is 17.8 Å². The Kier molecular flexibility index (Phi) is 9.95. The van der Waals surface area contributed by atoms with Crippen molar-refractivity contribution in [3.8, 4) is 0 Å². The van der Waals surface area contributed by atoms with Crippen LogP contribution in [0.1, 0.15) is 31.9 Å². The third-order valence-electron chi connectivity index (χ3n) is 7.41.